The van der Waals surface area contributed by atoms with E-state index in [1.54, 1.807) is 24.3 Å². The quantitative estimate of drug-likeness (QED) is 0.751. The van der Waals surface area contributed by atoms with Gasteiger partial charge in [0, 0.05) is 18.7 Å². The molecular formula is C21H23F3N2O. The number of anilines is 2. The number of amides is 1. The topological polar surface area (TPSA) is 32.3 Å². The number of hydrogen-bond acceptors (Lipinski definition) is 2. The molecule has 0 saturated carbocycles. The zero-order chi connectivity index (χ0) is 19.4. The van der Waals surface area contributed by atoms with Crippen LogP contribution in [-0.2, 0) is 6.18 Å². The summed E-state index contributed by atoms with van der Waals surface area (Å²) in [5, 5.41) is 2.70. The van der Waals surface area contributed by atoms with E-state index in [1.807, 2.05) is 6.92 Å². The highest BCUT2D eigenvalue weighted by atomic mass is 19.4. The predicted molar refractivity (Wildman–Crippen MR) is 101 cm³/mol. The van der Waals surface area contributed by atoms with Crippen LogP contribution in [0.3, 0.4) is 0 Å². The van der Waals surface area contributed by atoms with Crippen molar-refractivity contribution in [2.75, 3.05) is 23.3 Å². The third-order valence-electron chi connectivity index (χ3n) is 4.83. The number of halogens is 3. The molecule has 1 aliphatic heterocycles. The molecule has 27 heavy (non-hydrogen) atoms. The zero-order valence-electron chi connectivity index (χ0n) is 15.3. The van der Waals surface area contributed by atoms with Crippen molar-refractivity contribution in [2.45, 2.75) is 38.8 Å². The minimum atomic E-state index is -4.46. The molecule has 0 bridgehead atoms. The summed E-state index contributed by atoms with van der Waals surface area (Å²) < 4.78 is 39.6. The molecule has 1 N–H and O–H groups in total. The van der Waals surface area contributed by atoms with Crippen LogP contribution in [0.1, 0.15) is 47.2 Å². The van der Waals surface area contributed by atoms with Gasteiger partial charge in [0.1, 0.15) is 0 Å². The monoisotopic (exact) mass is 376 g/mol. The third kappa shape index (κ3) is 4.81. The van der Waals surface area contributed by atoms with Gasteiger partial charge in [0.2, 0.25) is 0 Å². The Morgan fingerprint density at radius 1 is 0.963 bits per heavy atom. The van der Waals surface area contributed by atoms with E-state index in [9.17, 15) is 18.0 Å². The minimum Gasteiger partial charge on any atom is -0.370 e. The first kappa shape index (κ1) is 19.3. The molecular weight excluding hydrogens is 353 g/mol. The van der Waals surface area contributed by atoms with Gasteiger partial charge < -0.3 is 10.2 Å². The molecule has 1 aliphatic rings. The number of carbonyl (C=O) groups is 1. The lowest BCUT2D eigenvalue weighted by Gasteiger charge is -2.26. The Balaban J connectivity index is 1.93. The first-order valence-electron chi connectivity index (χ1n) is 9.19. The number of rotatable bonds is 3. The molecule has 1 heterocycles. The lowest BCUT2D eigenvalue weighted by Crippen LogP contribution is -2.26. The van der Waals surface area contributed by atoms with Gasteiger partial charge in [-0.2, -0.15) is 13.2 Å². The number of benzene rings is 2. The van der Waals surface area contributed by atoms with Crippen molar-refractivity contribution in [1.29, 1.82) is 0 Å². The van der Waals surface area contributed by atoms with Crippen molar-refractivity contribution < 1.29 is 18.0 Å². The number of nitrogens with one attached hydrogen (secondary N) is 1. The van der Waals surface area contributed by atoms with Crippen molar-refractivity contribution in [3.63, 3.8) is 0 Å². The van der Waals surface area contributed by atoms with Crippen molar-refractivity contribution in [2.24, 2.45) is 0 Å². The van der Waals surface area contributed by atoms with Crippen LogP contribution >= 0.6 is 0 Å². The second-order valence-electron chi connectivity index (χ2n) is 6.95. The Kier molecular flexibility index (Phi) is 5.73. The number of nitrogens with zero attached hydrogens (tertiary/aromatic N) is 1. The van der Waals surface area contributed by atoms with Gasteiger partial charge in [-0.15, -0.1) is 0 Å². The first-order valence-corrected chi connectivity index (χ1v) is 9.19. The molecule has 2 aromatic rings. The van der Waals surface area contributed by atoms with Crippen LogP contribution < -0.4 is 10.2 Å². The second-order valence-corrected chi connectivity index (χ2v) is 6.95. The summed E-state index contributed by atoms with van der Waals surface area (Å²) in [4.78, 5) is 14.6. The molecule has 1 saturated heterocycles. The molecule has 0 atom stereocenters. The number of alkyl halides is 3. The fraction of sp³-hybridized carbons (Fsp3) is 0.381. The van der Waals surface area contributed by atoms with E-state index < -0.39 is 17.6 Å². The summed E-state index contributed by atoms with van der Waals surface area (Å²) in [6, 6.07) is 10.5. The number of hydrogen-bond donors (Lipinski definition) is 1. The molecule has 0 aromatic heterocycles. The van der Waals surface area contributed by atoms with Crippen LogP contribution in [0.2, 0.25) is 0 Å². The van der Waals surface area contributed by atoms with Gasteiger partial charge in [0.15, 0.2) is 0 Å². The lowest BCUT2D eigenvalue weighted by atomic mass is 10.1. The van der Waals surface area contributed by atoms with Crippen LogP contribution in [0.15, 0.2) is 42.5 Å². The third-order valence-corrected chi connectivity index (χ3v) is 4.83. The summed E-state index contributed by atoms with van der Waals surface area (Å²) >= 11 is 0. The molecule has 3 nitrogen and oxygen atoms in total. The largest absolute Gasteiger partial charge is 0.416 e. The standard InChI is InChI=1S/C21H23F3N2O/c1-15-6-8-16(9-7-15)20(27)25-18-14-17(21(22,23)24)10-11-19(18)26-12-4-2-3-5-13-26/h6-11,14H,2-5,12-13H2,1H3,(H,25,27). The Morgan fingerprint density at radius 3 is 2.19 bits per heavy atom. The van der Waals surface area contributed by atoms with Crippen LogP contribution in [0.25, 0.3) is 0 Å². The zero-order valence-corrected chi connectivity index (χ0v) is 15.3. The highest BCUT2D eigenvalue weighted by Crippen LogP contribution is 2.36. The summed E-state index contributed by atoms with van der Waals surface area (Å²) in [5.41, 5.74) is 1.51. The maximum atomic E-state index is 13.2. The van der Waals surface area contributed by atoms with Gasteiger partial charge in [0.05, 0.1) is 16.9 Å². The van der Waals surface area contributed by atoms with Crippen molar-refractivity contribution in [3.05, 3.63) is 59.2 Å². The second kappa shape index (κ2) is 8.03. The Morgan fingerprint density at radius 2 is 1.59 bits per heavy atom. The van der Waals surface area contributed by atoms with E-state index in [0.29, 0.717) is 11.3 Å². The van der Waals surface area contributed by atoms with E-state index in [2.05, 4.69) is 10.2 Å². The Labute approximate surface area is 157 Å². The van der Waals surface area contributed by atoms with E-state index >= 15 is 0 Å². The van der Waals surface area contributed by atoms with Crippen LogP contribution in [0, 0.1) is 6.92 Å². The molecule has 0 spiro atoms. The normalized spacial score (nSPS) is 15.3. The smallest absolute Gasteiger partial charge is 0.370 e. The maximum absolute atomic E-state index is 13.2. The minimum absolute atomic E-state index is 0.206. The van der Waals surface area contributed by atoms with Crippen molar-refractivity contribution in [1.82, 2.24) is 0 Å². The summed E-state index contributed by atoms with van der Waals surface area (Å²) in [7, 11) is 0. The van der Waals surface area contributed by atoms with Crippen LogP contribution in [-0.4, -0.2) is 19.0 Å². The van der Waals surface area contributed by atoms with Crippen molar-refractivity contribution in [3.8, 4) is 0 Å². The molecule has 2 aromatic carbocycles. The van der Waals surface area contributed by atoms with E-state index in [-0.39, 0.29) is 5.69 Å². The summed E-state index contributed by atoms with van der Waals surface area (Å²) in [6.45, 7) is 3.46. The van der Waals surface area contributed by atoms with Gasteiger partial charge in [-0.25, -0.2) is 0 Å². The van der Waals surface area contributed by atoms with E-state index in [0.717, 1.165) is 56.5 Å². The SMILES string of the molecule is Cc1ccc(C(=O)Nc2cc(C(F)(F)F)ccc2N2CCCCCC2)cc1. The number of aryl methyl sites for hydroxylation is 1. The molecule has 3 rings (SSSR count). The van der Waals surface area contributed by atoms with Gasteiger partial charge in [0.25, 0.3) is 5.91 Å². The Hall–Kier alpha value is -2.50. The van der Waals surface area contributed by atoms with Crippen molar-refractivity contribution >= 4 is 17.3 Å². The summed E-state index contributed by atoms with van der Waals surface area (Å²) in [5.74, 6) is -0.412. The van der Waals surface area contributed by atoms with E-state index in [1.165, 1.54) is 6.07 Å². The lowest BCUT2D eigenvalue weighted by molar-refractivity contribution is -0.137. The molecule has 0 radical (unpaired) electrons. The summed E-state index contributed by atoms with van der Waals surface area (Å²) in [6.07, 6.45) is -0.246. The predicted octanol–water partition coefficient (Wildman–Crippen LogP) is 5.65. The fourth-order valence-electron chi connectivity index (χ4n) is 3.30. The highest BCUT2D eigenvalue weighted by Gasteiger charge is 2.31. The molecule has 0 unspecified atom stereocenters. The van der Waals surface area contributed by atoms with Gasteiger partial charge in [-0.1, -0.05) is 30.5 Å². The van der Waals surface area contributed by atoms with Crippen LogP contribution in [0.5, 0.6) is 0 Å². The Bertz CT molecular complexity index is 792. The van der Waals surface area contributed by atoms with E-state index in [4.69, 9.17) is 0 Å². The fourth-order valence-corrected chi connectivity index (χ4v) is 3.30. The van der Waals surface area contributed by atoms with Crippen LogP contribution in [0.4, 0.5) is 24.5 Å². The van der Waals surface area contributed by atoms with Gasteiger partial charge >= 0.3 is 6.18 Å². The molecule has 1 amide bonds. The van der Waals surface area contributed by atoms with Gasteiger partial charge in [-0.05, 0) is 50.1 Å². The maximum Gasteiger partial charge on any atom is 0.416 e. The average Bonchev–Trinajstić information content (AvgIpc) is 2.90. The molecule has 144 valence electrons. The molecule has 0 aliphatic carbocycles. The number of carbonyl (C=O) groups excluding carboxylic acids is 1. The molecule has 1 fully saturated rings. The average molecular weight is 376 g/mol. The molecule has 6 heteroatoms. The highest BCUT2D eigenvalue weighted by molar-refractivity contribution is 6.06. The first-order chi connectivity index (χ1) is 12.8. The van der Waals surface area contributed by atoms with Gasteiger partial charge in [-0.3, -0.25) is 4.79 Å².